The zero-order valence-electron chi connectivity index (χ0n) is 15.9. The van der Waals surface area contributed by atoms with Gasteiger partial charge in [0.1, 0.15) is 0 Å². The van der Waals surface area contributed by atoms with Crippen molar-refractivity contribution in [1.82, 2.24) is 5.01 Å². The highest BCUT2D eigenvalue weighted by atomic mass is 19.4. The summed E-state index contributed by atoms with van der Waals surface area (Å²) in [6, 6.07) is 15.7. The summed E-state index contributed by atoms with van der Waals surface area (Å²) in [4.78, 5) is 12.9. The minimum Gasteiger partial charge on any atom is -0.362 e. The van der Waals surface area contributed by atoms with E-state index in [9.17, 15) is 23.1 Å². The third-order valence-electron chi connectivity index (χ3n) is 5.82. The van der Waals surface area contributed by atoms with Gasteiger partial charge in [0.05, 0.1) is 5.92 Å². The van der Waals surface area contributed by atoms with E-state index in [0.717, 1.165) is 11.1 Å². The van der Waals surface area contributed by atoms with Crippen LogP contribution >= 0.6 is 0 Å². The molecule has 152 valence electrons. The molecule has 4 rings (SSSR count). The van der Waals surface area contributed by atoms with Crippen LogP contribution in [0.25, 0.3) is 11.1 Å². The van der Waals surface area contributed by atoms with Crippen molar-refractivity contribution < 1.29 is 23.1 Å². The maximum absolute atomic E-state index is 13.9. The van der Waals surface area contributed by atoms with Crippen LogP contribution in [-0.4, -0.2) is 33.6 Å². The molecular weight excluding hydrogens is 381 g/mol. The fraction of sp³-hybridized carbons (Fsp3) is 0.364. The smallest absolute Gasteiger partial charge is 0.362 e. The van der Waals surface area contributed by atoms with Gasteiger partial charge in [-0.25, -0.2) is 0 Å². The summed E-state index contributed by atoms with van der Waals surface area (Å²) in [6.07, 6.45) is -3.83. The number of halogens is 3. The number of amides is 1. The largest absolute Gasteiger partial charge is 0.439 e. The van der Waals surface area contributed by atoms with Gasteiger partial charge in [0, 0.05) is 11.3 Å². The monoisotopic (exact) mass is 402 g/mol. The number of fused-ring (bicyclic) bond motifs is 1. The van der Waals surface area contributed by atoms with E-state index in [1.807, 2.05) is 37.3 Å². The Morgan fingerprint density at radius 3 is 2.34 bits per heavy atom. The van der Waals surface area contributed by atoms with E-state index in [-0.39, 0.29) is 28.6 Å². The maximum atomic E-state index is 13.9. The summed E-state index contributed by atoms with van der Waals surface area (Å²) < 4.78 is 41.8. The number of aliphatic hydroxyl groups is 1. The van der Waals surface area contributed by atoms with Crippen LogP contribution in [-0.2, 0) is 0 Å². The van der Waals surface area contributed by atoms with E-state index >= 15 is 0 Å². The first kappa shape index (κ1) is 19.6. The number of hydrogen-bond acceptors (Lipinski definition) is 3. The SMILES string of the molecule is C[C@@H]1CCC2=NN(C(=O)c3ccc(-c4ccccc4)cc3)[C@](O)(C(F)(F)F)[C@@H]2C1. The van der Waals surface area contributed by atoms with Crippen molar-refractivity contribution in [1.29, 1.82) is 0 Å². The lowest BCUT2D eigenvalue weighted by Gasteiger charge is -2.39. The maximum Gasteiger partial charge on any atom is 0.439 e. The van der Waals surface area contributed by atoms with Crippen molar-refractivity contribution in [3.05, 3.63) is 60.2 Å². The summed E-state index contributed by atoms with van der Waals surface area (Å²) in [5, 5.41) is 14.9. The van der Waals surface area contributed by atoms with Gasteiger partial charge in [-0.05, 0) is 48.4 Å². The van der Waals surface area contributed by atoms with Crippen molar-refractivity contribution in [3.8, 4) is 11.1 Å². The number of carbonyl (C=O) groups excluding carboxylic acids is 1. The second kappa shape index (κ2) is 6.99. The molecule has 1 saturated carbocycles. The molecule has 0 saturated heterocycles. The molecule has 1 fully saturated rings. The molecule has 1 amide bonds. The predicted molar refractivity (Wildman–Crippen MR) is 103 cm³/mol. The van der Waals surface area contributed by atoms with Crippen LogP contribution in [0.3, 0.4) is 0 Å². The molecule has 3 atom stereocenters. The standard InChI is InChI=1S/C22H21F3N2O2/c1-14-7-12-19-18(13-14)21(29,22(23,24)25)27(26-19)20(28)17-10-8-16(9-11-17)15-5-3-2-4-6-15/h2-6,8-11,14,18,29H,7,12-13H2,1H3/t14-,18-,21-/m1/s1. The first-order valence-electron chi connectivity index (χ1n) is 9.58. The molecular formula is C22H21F3N2O2. The Morgan fingerprint density at radius 1 is 1.10 bits per heavy atom. The highest BCUT2D eigenvalue weighted by Crippen LogP contribution is 2.49. The molecule has 2 aromatic rings. The summed E-state index contributed by atoms with van der Waals surface area (Å²) in [5.41, 5.74) is -1.25. The number of carbonyl (C=O) groups is 1. The molecule has 2 aromatic carbocycles. The van der Waals surface area contributed by atoms with Crippen LogP contribution in [0.1, 0.15) is 36.5 Å². The van der Waals surface area contributed by atoms with E-state index < -0.39 is 23.7 Å². The predicted octanol–water partition coefficient (Wildman–Crippen LogP) is 4.85. The van der Waals surface area contributed by atoms with E-state index in [4.69, 9.17) is 0 Å². The fourth-order valence-electron chi connectivity index (χ4n) is 4.17. The van der Waals surface area contributed by atoms with Crippen molar-refractivity contribution in [3.63, 3.8) is 0 Å². The third kappa shape index (κ3) is 3.23. The van der Waals surface area contributed by atoms with E-state index in [0.29, 0.717) is 12.8 Å². The number of benzene rings is 2. The Bertz CT molecular complexity index is 941. The van der Waals surface area contributed by atoms with Crippen LogP contribution in [0, 0.1) is 11.8 Å². The Morgan fingerprint density at radius 2 is 1.72 bits per heavy atom. The van der Waals surface area contributed by atoms with Gasteiger partial charge < -0.3 is 5.11 Å². The molecule has 2 aliphatic rings. The van der Waals surface area contributed by atoms with Gasteiger partial charge in [-0.2, -0.15) is 23.3 Å². The number of hydrazone groups is 1. The van der Waals surface area contributed by atoms with Crippen LogP contribution in [0.4, 0.5) is 13.2 Å². The summed E-state index contributed by atoms with van der Waals surface area (Å²) in [6.45, 7) is 1.85. The highest BCUT2D eigenvalue weighted by molar-refractivity contribution is 5.99. The summed E-state index contributed by atoms with van der Waals surface area (Å²) >= 11 is 0. The normalized spacial score (nSPS) is 26.8. The molecule has 0 aromatic heterocycles. The number of hydrogen-bond donors (Lipinski definition) is 1. The fourth-order valence-corrected chi connectivity index (χ4v) is 4.17. The lowest BCUT2D eigenvalue weighted by atomic mass is 9.76. The zero-order valence-corrected chi connectivity index (χ0v) is 15.9. The number of rotatable bonds is 2. The zero-order chi connectivity index (χ0) is 20.8. The summed E-state index contributed by atoms with van der Waals surface area (Å²) in [5.74, 6) is -2.16. The average molecular weight is 402 g/mol. The minimum absolute atomic E-state index is 0.0213. The van der Waals surface area contributed by atoms with Crippen LogP contribution in [0.5, 0.6) is 0 Å². The lowest BCUT2D eigenvalue weighted by Crippen LogP contribution is -2.61. The van der Waals surface area contributed by atoms with Gasteiger partial charge in [0.15, 0.2) is 0 Å². The Kier molecular flexibility index (Phi) is 4.73. The highest BCUT2D eigenvalue weighted by Gasteiger charge is 2.68. The van der Waals surface area contributed by atoms with Gasteiger partial charge in [0.2, 0.25) is 0 Å². The van der Waals surface area contributed by atoms with Gasteiger partial charge >= 0.3 is 6.18 Å². The molecule has 7 heteroatoms. The molecule has 1 aliphatic carbocycles. The first-order valence-corrected chi connectivity index (χ1v) is 9.58. The number of alkyl halides is 3. The van der Waals surface area contributed by atoms with Gasteiger partial charge in [-0.1, -0.05) is 49.4 Å². The second-order valence-electron chi connectivity index (χ2n) is 7.81. The van der Waals surface area contributed by atoms with Crippen molar-refractivity contribution >= 4 is 11.6 Å². The molecule has 0 radical (unpaired) electrons. The Labute approximate surface area is 166 Å². The van der Waals surface area contributed by atoms with Crippen LogP contribution in [0.2, 0.25) is 0 Å². The van der Waals surface area contributed by atoms with Crippen LogP contribution in [0.15, 0.2) is 59.7 Å². The second-order valence-corrected chi connectivity index (χ2v) is 7.81. The topological polar surface area (TPSA) is 52.9 Å². The van der Waals surface area contributed by atoms with E-state index in [2.05, 4.69) is 5.10 Å². The molecule has 0 spiro atoms. The van der Waals surface area contributed by atoms with E-state index in [1.54, 1.807) is 12.1 Å². The molecule has 1 N–H and O–H groups in total. The van der Waals surface area contributed by atoms with Crippen molar-refractivity contribution in [2.75, 3.05) is 0 Å². The van der Waals surface area contributed by atoms with Gasteiger partial charge in [-0.15, -0.1) is 0 Å². The molecule has 0 bridgehead atoms. The molecule has 0 unspecified atom stereocenters. The van der Waals surface area contributed by atoms with Gasteiger partial charge in [0.25, 0.3) is 11.6 Å². The molecule has 1 heterocycles. The van der Waals surface area contributed by atoms with Crippen LogP contribution < -0.4 is 0 Å². The summed E-state index contributed by atoms with van der Waals surface area (Å²) in [7, 11) is 0. The van der Waals surface area contributed by atoms with E-state index in [1.165, 1.54) is 12.1 Å². The Balaban J connectivity index is 1.67. The quantitative estimate of drug-likeness (QED) is 0.781. The lowest BCUT2D eigenvalue weighted by molar-refractivity contribution is -0.313. The average Bonchev–Trinajstić information content (AvgIpc) is 3.01. The molecule has 1 aliphatic heterocycles. The van der Waals surface area contributed by atoms with Crippen molar-refractivity contribution in [2.45, 2.75) is 38.1 Å². The van der Waals surface area contributed by atoms with Crippen molar-refractivity contribution in [2.24, 2.45) is 16.9 Å². The van der Waals surface area contributed by atoms with Gasteiger partial charge in [-0.3, -0.25) is 4.79 Å². The Hall–Kier alpha value is -2.67. The molecule has 4 nitrogen and oxygen atoms in total. The molecule has 29 heavy (non-hydrogen) atoms. The third-order valence-corrected chi connectivity index (χ3v) is 5.82. The first-order chi connectivity index (χ1) is 13.7. The minimum atomic E-state index is -5.01. The number of nitrogens with zero attached hydrogens (tertiary/aromatic N) is 2.